The number of benzene rings is 8. The number of anilines is 3. The Balaban J connectivity index is 1.26. The summed E-state index contributed by atoms with van der Waals surface area (Å²) in [5, 5.41) is 12.8. The first-order chi connectivity index (χ1) is 27.2. The van der Waals surface area contributed by atoms with Crippen LogP contribution in [0.5, 0.6) is 0 Å². The molecular weight excluding hydrogens is 669 g/mol. The lowest BCUT2D eigenvalue weighted by atomic mass is 9.64. The van der Waals surface area contributed by atoms with Crippen LogP contribution in [0.2, 0.25) is 0 Å². The molecule has 0 unspecified atom stereocenters. The summed E-state index contributed by atoms with van der Waals surface area (Å²) in [5.41, 5.74) is 15.5. The molecule has 4 nitrogen and oxygen atoms in total. The lowest BCUT2D eigenvalue weighted by molar-refractivity contribution is 0.752. The maximum absolute atomic E-state index is 10.4. The Hall–Kier alpha value is -7.66. The zero-order valence-electron chi connectivity index (χ0n) is 29.6. The van der Waals surface area contributed by atoms with Gasteiger partial charge in [-0.25, -0.2) is 4.85 Å². The van der Waals surface area contributed by atoms with Crippen LogP contribution in [0.4, 0.5) is 22.7 Å². The number of rotatable bonds is 3. The third-order valence-corrected chi connectivity index (χ3v) is 11.6. The van der Waals surface area contributed by atoms with Gasteiger partial charge in [0.15, 0.2) is 5.69 Å². The van der Waals surface area contributed by atoms with Crippen LogP contribution in [0, 0.1) is 17.9 Å². The number of fused-ring (bicyclic) bond motifs is 12. The quantitative estimate of drug-likeness (QED) is 0.172. The third-order valence-electron chi connectivity index (χ3n) is 11.6. The largest absolute Gasteiger partial charge is 0.310 e. The van der Waals surface area contributed by atoms with Crippen LogP contribution in [0.1, 0.15) is 27.8 Å². The number of para-hydroxylation sites is 4. The van der Waals surface area contributed by atoms with E-state index in [1.807, 2.05) is 0 Å². The summed E-state index contributed by atoms with van der Waals surface area (Å²) in [6, 6.07) is 66.7. The van der Waals surface area contributed by atoms with Gasteiger partial charge in [0.2, 0.25) is 0 Å². The molecule has 1 spiro atoms. The van der Waals surface area contributed by atoms with Gasteiger partial charge in [-0.05, 0) is 87.5 Å². The van der Waals surface area contributed by atoms with Gasteiger partial charge >= 0.3 is 0 Å². The summed E-state index contributed by atoms with van der Waals surface area (Å²) in [6.07, 6.45) is 0. The van der Waals surface area contributed by atoms with Gasteiger partial charge in [-0.2, -0.15) is 5.26 Å². The van der Waals surface area contributed by atoms with E-state index in [1.165, 1.54) is 44.2 Å². The third kappa shape index (κ3) is 4.14. The molecular formula is C51H30N4. The molecule has 55 heavy (non-hydrogen) atoms. The molecule has 1 aromatic heterocycles. The Labute approximate surface area is 318 Å². The predicted octanol–water partition coefficient (Wildman–Crippen LogP) is 13.0. The van der Waals surface area contributed by atoms with Crippen molar-refractivity contribution in [3.63, 3.8) is 0 Å². The molecule has 0 saturated heterocycles. The fourth-order valence-corrected chi connectivity index (χ4v) is 9.57. The van der Waals surface area contributed by atoms with Crippen LogP contribution in [0.3, 0.4) is 0 Å². The van der Waals surface area contributed by atoms with Crippen molar-refractivity contribution in [3.8, 4) is 34.0 Å². The van der Waals surface area contributed by atoms with Crippen LogP contribution in [0.25, 0.3) is 54.6 Å². The molecule has 2 heterocycles. The van der Waals surface area contributed by atoms with E-state index in [0.717, 1.165) is 39.3 Å². The molecule has 11 rings (SSSR count). The standard InChI is InChI=1S/C51H30N4/c1-53-45-24-14-15-33(32-52)50(45)34-29-35(54-46-25-10-4-18-39(46)40-19-5-11-26-47(40)54)31-36(30-34)55-48-27-12-8-22-43(48)51(44-23-9-13-28-49(44)55)41-20-6-2-16-37(41)38-17-3-7-21-42(38)51/h2-31H. The molecule has 254 valence electrons. The van der Waals surface area contributed by atoms with Gasteiger partial charge in [-0.15, -0.1) is 0 Å². The minimum atomic E-state index is -0.533. The Kier molecular flexibility index (Phi) is 6.56. The van der Waals surface area contributed by atoms with Crippen molar-refractivity contribution in [2.45, 2.75) is 5.41 Å². The molecule has 1 aliphatic carbocycles. The summed E-state index contributed by atoms with van der Waals surface area (Å²) in [5.74, 6) is 0. The van der Waals surface area contributed by atoms with Crippen molar-refractivity contribution in [1.82, 2.24) is 4.57 Å². The van der Waals surface area contributed by atoms with Crippen LogP contribution in [0.15, 0.2) is 182 Å². The summed E-state index contributed by atoms with van der Waals surface area (Å²) < 4.78 is 2.32. The van der Waals surface area contributed by atoms with Gasteiger partial charge in [0.1, 0.15) is 0 Å². The fourth-order valence-electron chi connectivity index (χ4n) is 9.57. The van der Waals surface area contributed by atoms with Crippen molar-refractivity contribution in [1.29, 1.82) is 5.26 Å². The molecule has 8 aromatic carbocycles. The maximum atomic E-state index is 10.4. The van der Waals surface area contributed by atoms with Gasteiger partial charge in [0, 0.05) is 33.3 Å². The highest BCUT2D eigenvalue weighted by molar-refractivity contribution is 6.09. The minimum absolute atomic E-state index is 0.446. The van der Waals surface area contributed by atoms with E-state index in [2.05, 4.69) is 184 Å². The van der Waals surface area contributed by atoms with E-state index in [4.69, 9.17) is 6.57 Å². The first-order valence-electron chi connectivity index (χ1n) is 18.5. The Morgan fingerprint density at radius 1 is 0.509 bits per heavy atom. The fraction of sp³-hybridized carbons (Fsp3) is 0.0196. The molecule has 0 fully saturated rings. The molecule has 4 heteroatoms. The van der Waals surface area contributed by atoms with Crippen LogP contribution < -0.4 is 4.90 Å². The van der Waals surface area contributed by atoms with Crippen molar-refractivity contribution >= 4 is 44.6 Å². The second kappa shape index (κ2) is 11.7. The highest BCUT2D eigenvalue weighted by atomic mass is 15.2. The average Bonchev–Trinajstić information content (AvgIpc) is 3.74. The van der Waals surface area contributed by atoms with E-state index in [1.54, 1.807) is 18.2 Å². The normalized spacial score (nSPS) is 13.2. The molecule has 0 atom stereocenters. The van der Waals surface area contributed by atoms with Crippen LogP contribution in [-0.4, -0.2) is 4.57 Å². The number of nitrogens with zero attached hydrogens (tertiary/aromatic N) is 4. The second-order valence-corrected chi connectivity index (χ2v) is 14.2. The average molecular weight is 699 g/mol. The maximum Gasteiger partial charge on any atom is 0.196 e. The number of aromatic nitrogens is 1. The van der Waals surface area contributed by atoms with Crippen LogP contribution in [-0.2, 0) is 5.41 Å². The molecule has 1 aliphatic heterocycles. The minimum Gasteiger partial charge on any atom is -0.310 e. The van der Waals surface area contributed by atoms with Gasteiger partial charge in [-0.3, -0.25) is 0 Å². The highest BCUT2D eigenvalue weighted by Gasteiger charge is 2.51. The SMILES string of the molecule is [C-]#[N+]c1cccc(C#N)c1-c1cc(N2c3ccccc3C3(c4ccccc4-c4ccccc43)c3ccccc32)cc(-n2c3ccccc3c3ccccc32)c1. The van der Waals surface area contributed by atoms with Gasteiger partial charge in [-0.1, -0.05) is 133 Å². The summed E-state index contributed by atoms with van der Waals surface area (Å²) in [4.78, 5) is 6.31. The van der Waals surface area contributed by atoms with Gasteiger partial charge in [0.05, 0.1) is 40.5 Å². The van der Waals surface area contributed by atoms with E-state index in [0.29, 0.717) is 16.8 Å². The first kappa shape index (κ1) is 30.9. The summed E-state index contributed by atoms with van der Waals surface area (Å²) >= 11 is 0. The zero-order chi connectivity index (χ0) is 36.7. The molecule has 0 N–H and O–H groups in total. The second-order valence-electron chi connectivity index (χ2n) is 14.2. The van der Waals surface area contributed by atoms with Gasteiger partial charge in [0.25, 0.3) is 0 Å². The van der Waals surface area contributed by atoms with Gasteiger partial charge < -0.3 is 9.47 Å². The Morgan fingerprint density at radius 3 is 1.60 bits per heavy atom. The van der Waals surface area contributed by atoms with E-state index in [-0.39, 0.29) is 0 Å². The van der Waals surface area contributed by atoms with Crippen molar-refractivity contribution in [2.75, 3.05) is 4.90 Å². The molecule has 0 amide bonds. The van der Waals surface area contributed by atoms with E-state index < -0.39 is 5.41 Å². The smallest absolute Gasteiger partial charge is 0.196 e. The molecule has 0 saturated carbocycles. The van der Waals surface area contributed by atoms with E-state index in [9.17, 15) is 5.26 Å². The number of hydrogen-bond acceptors (Lipinski definition) is 2. The van der Waals surface area contributed by atoms with Crippen molar-refractivity contribution in [3.05, 3.63) is 221 Å². The summed E-state index contributed by atoms with van der Waals surface area (Å²) in [7, 11) is 0. The zero-order valence-corrected chi connectivity index (χ0v) is 29.6. The van der Waals surface area contributed by atoms with Crippen LogP contribution >= 0.6 is 0 Å². The Morgan fingerprint density at radius 2 is 1.02 bits per heavy atom. The lowest BCUT2D eigenvalue weighted by Crippen LogP contribution is -2.36. The molecule has 0 bridgehead atoms. The summed E-state index contributed by atoms with van der Waals surface area (Å²) in [6.45, 7) is 8.17. The lowest BCUT2D eigenvalue weighted by Gasteiger charge is -2.45. The topological polar surface area (TPSA) is 36.3 Å². The predicted molar refractivity (Wildman–Crippen MR) is 223 cm³/mol. The Bertz CT molecular complexity index is 2970. The highest BCUT2D eigenvalue weighted by Crippen LogP contribution is 2.63. The molecule has 0 radical (unpaired) electrons. The molecule has 9 aromatic rings. The van der Waals surface area contributed by atoms with Crippen molar-refractivity contribution in [2.24, 2.45) is 0 Å². The number of hydrogen-bond donors (Lipinski definition) is 0. The molecule has 2 aliphatic rings. The first-order valence-corrected chi connectivity index (χ1v) is 18.5. The number of nitriles is 1. The van der Waals surface area contributed by atoms with E-state index >= 15 is 0 Å². The van der Waals surface area contributed by atoms with Crippen molar-refractivity contribution < 1.29 is 0 Å². The monoisotopic (exact) mass is 698 g/mol.